The van der Waals surface area contributed by atoms with E-state index in [2.05, 4.69) is 4.98 Å². The smallest absolute Gasteiger partial charge is 0.181 e. The van der Waals surface area contributed by atoms with Crippen molar-refractivity contribution < 1.29 is 14.3 Å². The highest BCUT2D eigenvalue weighted by Crippen LogP contribution is 2.35. The second-order valence-electron chi connectivity index (χ2n) is 4.48. The molecule has 0 fully saturated rings. The molecule has 0 aliphatic heterocycles. The molecule has 5 heteroatoms. The molecule has 3 rings (SSSR count). The number of aromatic nitrogens is 1. The third-order valence-electron chi connectivity index (χ3n) is 3.01. The first-order valence-corrected chi connectivity index (χ1v) is 6.51. The fourth-order valence-corrected chi connectivity index (χ4v) is 2.98. The van der Waals surface area contributed by atoms with E-state index in [9.17, 15) is 14.3 Å². The molecule has 1 atom stereocenters. The number of aliphatic hydroxyl groups is 1. The Labute approximate surface area is 112 Å². The maximum atomic E-state index is 13.1. The Morgan fingerprint density at radius 1 is 1.42 bits per heavy atom. The van der Waals surface area contributed by atoms with Crippen LogP contribution in [-0.2, 0) is 10.4 Å². The standard InChI is InChI=1S/C14H10FNO2S/c1-8-7-14(18,5-4-11(8)17)13-16-10-6-9(15)2-3-12(10)19-13/h2-7,18H,1H3. The van der Waals surface area contributed by atoms with E-state index in [4.69, 9.17) is 0 Å². The first-order valence-electron chi connectivity index (χ1n) is 5.70. The van der Waals surface area contributed by atoms with Crippen molar-refractivity contribution in [3.05, 3.63) is 52.8 Å². The number of carbonyl (C=O) groups excluding carboxylic acids is 1. The van der Waals surface area contributed by atoms with Crippen molar-refractivity contribution in [2.24, 2.45) is 0 Å². The molecule has 0 amide bonds. The molecule has 1 aromatic heterocycles. The molecular formula is C14H10FNO2S. The van der Waals surface area contributed by atoms with Gasteiger partial charge >= 0.3 is 0 Å². The van der Waals surface area contributed by atoms with E-state index in [1.54, 1.807) is 13.0 Å². The lowest BCUT2D eigenvalue weighted by molar-refractivity contribution is -0.111. The molecule has 1 aliphatic carbocycles. The minimum absolute atomic E-state index is 0.128. The summed E-state index contributed by atoms with van der Waals surface area (Å²) < 4.78 is 13.9. The molecule has 0 saturated heterocycles. The van der Waals surface area contributed by atoms with Gasteiger partial charge in [-0.05, 0) is 42.9 Å². The Morgan fingerprint density at radius 3 is 2.95 bits per heavy atom. The van der Waals surface area contributed by atoms with Gasteiger partial charge in [-0.2, -0.15) is 0 Å². The number of thiazole rings is 1. The molecular weight excluding hydrogens is 265 g/mol. The molecule has 0 radical (unpaired) electrons. The van der Waals surface area contributed by atoms with Gasteiger partial charge in [-0.3, -0.25) is 4.79 Å². The molecule has 19 heavy (non-hydrogen) atoms. The number of carbonyl (C=O) groups is 1. The van der Waals surface area contributed by atoms with E-state index in [-0.39, 0.29) is 11.6 Å². The first-order chi connectivity index (χ1) is 8.98. The van der Waals surface area contributed by atoms with Gasteiger partial charge in [0.25, 0.3) is 0 Å². The zero-order valence-corrected chi connectivity index (χ0v) is 10.9. The zero-order chi connectivity index (χ0) is 13.6. The third kappa shape index (κ3) is 2.01. The van der Waals surface area contributed by atoms with Crippen LogP contribution in [0.15, 0.2) is 42.0 Å². The molecule has 1 N–H and O–H groups in total. The van der Waals surface area contributed by atoms with Crippen LogP contribution >= 0.6 is 11.3 Å². The molecule has 0 bridgehead atoms. The van der Waals surface area contributed by atoms with Crippen LogP contribution in [0.5, 0.6) is 0 Å². The molecule has 1 aromatic carbocycles. The number of allylic oxidation sites excluding steroid dienone is 2. The third-order valence-corrected chi connectivity index (χ3v) is 4.18. The number of halogens is 1. The van der Waals surface area contributed by atoms with Crippen molar-refractivity contribution in [3.8, 4) is 0 Å². The average molecular weight is 275 g/mol. The maximum Gasteiger partial charge on any atom is 0.181 e. The predicted octanol–water partition coefficient (Wildman–Crippen LogP) is 2.71. The Morgan fingerprint density at radius 2 is 2.21 bits per heavy atom. The van der Waals surface area contributed by atoms with Crippen LogP contribution in [0.25, 0.3) is 10.2 Å². The van der Waals surface area contributed by atoms with Crippen LogP contribution in [0.1, 0.15) is 11.9 Å². The monoisotopic (exact) mass is 275 g/mol. The molecule has 1 unspecified atom stereocenters. The fourth-order valence-electron chi connectivity index (χ4n) is 1.99. The topological polar surface area (TPSA) is 50.2 Å². The van der Waals surface area contributed by atoms with Crippen molar-refractivity contribution in [2.75, 3.05) is 0 Å². The SMILES string of the molecule is CC1=CC(O)(c2nc3cc(F)ccc3s2)C=CC1=O. The Kier molecular flexibility index (Phi) is 2.62. The summed E-state index contributed by atoms with van der Waals surface area (Å²) in [6.45, 7) is 1.64. The number of ketones is 1. The van der Waals surface area contributed by atoms with E-state index < -0.39 is 5.60 Å². The van der Waals surface area contributed by atoms with Gasteiger partial charge in [0.2, 0.25) is 0 Å². The number of nitrogens with zero attached hydrogens (tertiary/aromatic N) is 1. The van der Waals surface area contributed by atoms with Crippen LogP contribution in [0, 0.1) is 5.82 Å². The van der Waals surface area contributed by atoms with Crippen LogP contribution in [0.4, 0.5) is 4.39 Å². The molecule has 1 aliphatic rings. The molecule has 0 spiro atoms. The number of hydrogen-bond donors (Lipinski definition) is 1. The fraction of sp³-hybridized carbons (Fsp3) is 0.143. The van der Waals surface area contributed by atoms with E-state index in [0.29, 0.717) is 16.1 Å². The van der Waals surface area contributed by atoms with Crippen LogP contribution in [-0.4, -0.2) is 15.9 Å². The minimum Gasteiger partial charge on any atom is -0.375 e. The molecule has 96 valence electrons. The van der Waals surface area contributed by atoms with Crippen molar-refractivity contribution >= 4 is 27.3 Å². The van der Waals surface area contributed by atoms with Crippen molar-refractivity contribution in [1.82, 2.24) is 4.98 Å². The normalized spacial score (nSPS) is 22.9. The average Bonchev–Trinajstić information content (AvgIpc) is 2.78. The van der Waals surface area contributed by atoms with Gasteiger partial charge in [0, 0.05) is 6.07 Å². The molecule has 2 aromatic rings. The van der Waals surface area contributed by atoms with Crippen LogP contribution < -0.4 is 0 Å². The van der Waals surface area contributed by atoms with E-state index in [0.717, 1.165) is 4.70 Å². The van der Waals surface area contributed by atoms with Crippen molar-refractivity contribution in [3.63, 3.8) is 0 Å². The second kappa shape index (κ2) is 4.08. The summed E-state index contributed by atoms with van der Waals surface area (Å²) >= 11 is 1.28. The van der Waals surface area contributed by atoms with Crippen LogP contribution in [0.3, 0.4) is 0 Å². The lowest BCUT2D eigenvalue weighted by Crippen LogP contribution is -2.24. The summed E-state index contributed by atoms with van der Waals surface area (Å²) in [4.78, 5) is 15.6. The molecule has 0 saturated carbocycles. The highest BCUT2D eigenvalue weighted by molar-refractivity contribution is 7.18. The summed E-state index contributed by atoms with van der Waals surface area (Å²) in [6.07, 6.45) is 4.22. The van der Waals surface area contributed by atoms with Gasteiger partial charge in [0.05, 0.1) is 10.2 Å². The Balaban J connectivity index is 2.14. The highest BCUT2D eigenvalue weighted by atomic mass is 32.1. The van der Waals surface area contributed by atoms with E-state index >= 15 is 0 Å². The lowest BCUT2D eigenvalue weighted by Gasteiger charge is -2.21. The number of rotatable bonds is 1. The Hall–Kier alpha value is -1.85. The van der Waals surface area contributed by atoms with Gasteiger partial charge in [-0.1, -0.05) is 0 Å². The number of benzene rings is 1. The van der Waals surface area contributed by atoms with E-state index in [1.807, 2.05) is 0 Å². The van der Waals surface area contributed by atoms with E-state index in [1.165, 1.54) is 41.7 Å². The van der Waals surface area contributed by atoms with Crippen molar-refractivity contribution in [2.45, 2.75) is 12.5 Å². The second-order valence-corrected chi connectivity index (χ2v) is 5.51. The summed E-state index contributed by atoms with van der Waals surface area (Å²) in [5.74, 6) is -0.491. The lowest BCUT2D eigenvalue weighted by atomic mass is 9.93. The van der Waals surface area contributed by atoms with Gasteiger partial charge in [-0.15, -0.1) is 11.3 Å². The van der Waals surface area contributed by atoms with Gasteiger partial charge < -0.3 is 5.11 Å². The van der Waals surface area contributed by atoms with Crippen LogP contribution in [0.2, 0.25) is 0 Å². The number of hydrogen-bond acceptors (Lipinski definition) is 4. The largest absolute Gasteiger partial charge is 0.375 e. The highest BCUT2D eigenvalue weighted by Gasteiger charge is 2.31. The summed E-state index contributed by atoms with van der Waals surface area (Å²) in [5.41, 5.74) is -0.418. The predicted molar refractivity (Wildman–Crippen MR) is 71.4 cm³/mol. The van der Waals surface area contributed by atoms with Gasteiger partial charge in [0.1, 0.15) is 10.8 Å². The molecule has 1 heterocycles. The molecule has 3 nitrogen and oxygen atoms in total. The minimum atomic E-state index is -1.39. The van der Waals surface area contributed by atoms with Crippen molar-refractivity contribution in [1.29, 1.82) is 0 Å². The van der Waals surface area contributed by atoms with Gasteiger partial charge in [-0.25, -0.2) is 9.37 Å². The Bertz CT molecular complexity index is 747. The summed E-state index contributed by atoms with van der Waals surface area (Å²) in [6, 6.07) is 4.31. The van der Waals surface area contributed by atoms with Gasteiger partial charge in [0.15, 0.2) is 11.4 Å². The quantitative estimate of drug-likeness (QED) is 0.870. The summed E-state index contributed by atoms with van der Waals surface area (Å²) in [5, 5.41) is 11.0. The first kappa shape index (κ1) is 12.2. The number of fused-ring (bicyclic) bond motifs is 1. The zero-order valence-electron chi connectivity index (χ0n) is 10.1. The summed E-state index contributed by atoms with van der Waals surface area (Å²) in [7, 11) is 0. The maximum absolute atomic E-state index is 13.1.